The number of benzene rings is 3. The maximum absolute atomic E-state index is 5.84. The minimum atomic E-state index is 0.872. The summed E-state index contributed by atoms with van der Waals surface area (Å²) in [5, 5.41) is 0. The number of hydrogen-bond donors (Lipinski definition) is 0. The van der Waals surface area contributed by atoms with E-state index in [1.807, 2.05) is 30.3 Å². The molecule has 0 amide bonds. The highest BCUT2D eigenvalue weighted by Crippen LogP contribution is 2.48. The standard InChI is InChI=1S/C34H31NO3/c1-36-29-13-7-4-10-22(29)20-24-16-18-27-32(26-12-6-9-15-31(26)38-3)28-19-17-25(34(28)35-33(24)27)21-23-11-5-8-14-30(23)37-2/h4-15,20-21H,16-19H2,1-3H3/b24-20-,25-21+. The second kappa shape index (κ2) is 10.2. The average Bonchev–Trinajstić information content (AvgIpc) is 3.56. The Balaban J connectivity index is 1.58. The van der Waals surface area contributed by atoms with Crippen molar-refractivity contribution in [1.82, 2.24) is 4.98 Å². The Labute approximate surface area is 224 Å². The van der Waals surface area contributed by atoms with Crippen LogP contribution in [0.3, 0.4) is 0 Å². The topological polar surface area (TPSA) is 40.6 Å². The predicted octanol–water partition coefficient (Wildman–Crippen LogP) is 7.75. The number of methoxy groups -OCH3 is 3. The minimum absolute atomic E-state index is 0.872. The molecule has 0 aliphatic heterocycles. The van der Waals surface area contributed by atoms with E-state index in [4.69, 9.17) is 19.2 Å². The number of nitrogens with zero attached hydrogens (tertiary/aromatic N) is 1. The number of fused-ring (bicyclic) bond motifs is 2. The van der Waals surface area contributed by atoms with Gasteiger partial charge in [-0.2, -0.15) is 0 Å². The van der Waals surface area contributed by atoms with Gasteiger partial charge in [0, 0.05) is 16.7 Å². The highest BCUT2D eigenvalue weighted by Gasteiger charge is 2.31. The number of rotatable bonds is 6. The largest absolute Gasteiger partial charge is 0.496 e. The van der Waals surface area contributed by atoms with Gasteiger partial charge in [0.05, 0.1) is 32.7 Å². The lowest BCUT2D eigenvalue weighted by molar-refractivity contribution is 0.414. The lowest BCUT2D eigenvalue weighted by Crippen LogP contribution is -2.02. The molecule has 0 saturated heterocycles. The number of aromatic nitrogens is 1. The molecule has 3 aromatic carbocycles. The summed E-state index contributed by atoms with van der Waals surface area (Å²) >= 11 is 0. The molecule has 38 heavy (non-hydrogen) atoms. The second-order valence-corrected chi connectivity index (χ2v) is 9.66. The minimum Gasteiger partial charge on any atom is -0.496 e. The Kier molecular flexibility index (Phi) is 6.47. The molecule has 0 N–H and O–H groups in total. The summed E-state index contributed by atoms with van der Waals surface area (Å²) in [5.41, 5.74) is 11.9. The third-order valence-corrected chi connectivity index (χ3v) is 7.61. The summed E-state index contributed by atoms with van der Waals surface area (Å²) in [6.07, 6.45) is 8.28. The number of hydrogen-bond acceptors (Lipinski definition) is 4. The quantitative estimate of drug-likeness (QED) is 0.271. The molecule has 4 aromatic rings. The van der Waals surface area contributed by atoms with Gasteiger partial charge in [0.25, 0.3) is 0 Å². The maximum atomic E-state index is 5.84. The van der Waals surface area contributed by atoms with E-state index in [1.54, 1.807) is 21.3 Å². The summed E-state index contributed by atoms with van der Waals surface area (Å²) in [5.74, 6) is 2.64. The molecule has 1 heterocycles. The highest BCUT2D eigenvalue weighted by atomic mass is 16.5. The lowest BCUT2D eigenvalue weighted by Gasteiger charge is -2.17. The molecule has 190 valence electrons. The molecule has 0 radical (unpaired) electrons. The fourth-order valence-corrected chi connectivity index (χ4v) is 5.84. The second-order valence-electron chi connectivity index (χ2n) is 9.66. The number of allylic oxidation sites excluding steroid dienone is 2. The van der Waals surface area contributed by atoms with E-state index in [9.17, 15) is 0 Å². The van der Waals surface area contributed by atoms with Gasteiger partial charge in [0.15, 0.2) is 0 Å². The van der Waals surface area contributed by atoms with Gasteiger partial charge in [-0.1, -0.05) is 54.6 Å². The van der Waals surface area contributed by atoms with Crippen LogP contribution in [0.15, 0.2) is 72.8 Å². The smallest absolute Gasteiger partial charge is 0.126 e. The summed E-state index contributed by atoms with van der Waals surface area (Å²) in [4.78, 5) is 5.38. The van der Waals surface area contributed by atoms with Crippen molar-refractivity contribution >= 4 is 23.3 Å². The van der Waals surface area contributed by atoms with Crippen molar-refractivity contribution in [3.05, 3.63) is 106 Å². The molecule has 1 aromatic heterocycles. The molecule has 0 bridgehead atoms. The van der Waals surface area contributed by atoms with E-state index >= 15 is 0 Å². The van der Waals surface area contributed by atoms with Crippen molar-refractivity contribution in [1.29, 1.82) is 0 Å². The van der Waals surface area contributed by atoms with Crippen molar-refractivity contribution in [2.45, 2.75) is 25.7 Å². The van der Waals surface area contributed by atoms with Crippen molar-refractivity contribution in [2.75, 3.05) is 21.3 Å². The van der Waals surface area contributed by atoms with E-state index in [2.05, 4.69) is 54.6 Å². The molecule has 2 aliphatic carbocycles. The zero-order chi connectivity index (χ0) is 26.1. The molecule has 0 fully saturated rings. The lowest BCUT2D eigenvalue weighted by atomic mass is 9.92. The molecule has 6 rings (SSSR count). The fourth-order valence-electron chi connectivity index (χ4n) is 5.84. The van der Waals surface area contributed by atoms with Gasteiger partial charge in [-0.25, -0.2) is 4.98 Å². The number of ether oxygens (including phenoxy) is 3. The van der Waals surface area contributed by atoms with E-state index in [1.165, 1.54) is 27.8 Å². The molecular formula is C34H31NO3. The first-order chi connectivity index (χ1) is 18.7. The number of para-hydroxylation sites is 3. The van der Waals surface area contributed by atoms with Crippen LogP contribution in [0.2, 0.25) is 0 Å². The zero-order valence-corrected chi connectivity index (χ0v) is 22.1. The Morgan fingerprint density at radius 2 is 1.00 bits per heavy atom. The first-order valence-corrected chi connectivity index (χ1v) is 13.1. The average molecular weight is 502 g/mol. The van der Waals surface area contributed by atoms with Crippen LogP contribution >= 0.6 is 0 Å². The van der Waals surface area contributed by atoms with Crippen LogP contribution < -0.4 is 14.2 Å². The predicted molar refractivity (Wildman–Crippen MR) is 155 cm³/mol. The van der Waals surface area contributed by atoms with Crippen LogP contribution in [0.1, 0.15) is 46.5 Å². The van der Waals surface area contributed by atoms with Crippen molar-refractivity contribution in [3.8, 4) is 28.4 Å². The molecule has 4 heteroatoms. The molecule has 2 aliphatic rings. The molecule has 4 nitrogen and oxygen atoms in total. The SMILES string of the molecule is COc1ccccc1/C=C1/CCc2c1nc1c(c2-c2ccccc2OC)CC/C1=C\c1ccccc1OC. The van der Waals surface area contributed by atoms with Crippen LogP contribution in [0.5, 0.6) is 17.2 Å². The van der Waals surface area contributed by atoms with Crippen molar-refractivity contribution in [3.63, 3.8) is 0 Å². The normalized spacial score (nSPS) is 16.0. The van der Waals surface area contributed by atoms with Crippen LogP contribution in [-0.4, -0.2) is 26.3 Å². The summed E-state index contributed by atoms with van der Waals surface area (Å²) < 4.78 is 17.1. The Morgan fingerprint density at radius 3 is 1.50 bits per heavy atom. The molecular weight excluding hydrogens is 470 g/mol. The molecule has 0 saturated carbocycles. The summed E-state index contributed by atoms with van der Waals surface area (Å²) in [7, 11) is 5.19. The van der Waals surface area contributed by atoms with Gasteiger partial charge in [-0.3, -0.25) is 0 Å². The third-order valence-electron chi connectivity index (χ3n) is 7.61. The van der Waals surface area contributed by atoms with Gasteiger partial charge < -0.3 is 14.2 Å². The van der Waals surface area contributed by atoms with Gasteiger partial charge >= 0.3 is 0 Å². The first-order valence-electron chi connectivity index (χ1n) is 13.1. The first kappa shape index (κ1) is 24.1. The molecule has 0 spiro atoms. The summed E-state index contributed by atoms with van der Waals surface area (Å²) in [6, 6.07) is 24.7. The third kappa shape index (κ3) is 4.16. The van der Waals surface area contributed by atoms with Crippen molar-refractivity contribution in [2.24, 2.45) is 0 Å². The van der Waals surface area contributed by atoms with Crippen molar-refractivity contribution < 1.29 is 14.2 Å². The van der Waals surface area contributed by atoms with E-state index in [-0.39, 0.29) is 0 Å². The van der Waals surface area contributed by atoms with Crippen LogP contribution in [0.4, 0.5) is 0 Å². The maximum Gasteiger partial charge on any atom is 0.126 e. The Bertz CT molecular complexity index is 1490. The van der Waals surface area contributed by atoms with Crippen LogP contribution in [-0.2, 0) is 12.8 Å². The van der Waals surface area contributed by atoms with Crippen LogP contribution in [0, 0.1) is 0 Å². The van der Waals surface area contributed by atoms with Gasteiger partial charge in [0.1, 0.15) is 17.2 Å². The van der Waals surface area contributed by atoms with Gasteiger partial charge in [-0.15, -0.1) is 0 Å². The Hall–Kier alpha value is -4.31. The van der Waals surface area contributed by atoms with Crippen LogP contribution in [0.25, 0.3) is 34.4 Å². The summed E-state index contributed by atoms with van der Waals surface area (Å²) in [6.45, 7) is 0. The zero-order valence-electron chi connectivity index (χ0n) is 22.1. The van der Waals surface area contributed by atoms with E-state index in [0.717, 1.165) is 71.0 Å². The molecule has 0 atom stereocenters. The number of pyridine rings is 1. The van der Waals surface area contributed by atoms with E-state index in [0.29, 0.717) is 0 Å². The van der Waals surface area contributed by atoms with Gasteiger partial charge in [0.2, 0.25) is 0 Å². The fraction of sp³-hybridized carbons (Fsp3) is 0.206. The van der Waals surface area contributed by atoms with E-state index < -0.39 is 0 Å². The highest BCUT2D eigenvalue weighted by molar-refractivity contribution is 5.95. The van der Waals surface area contributed by atoms with Gasteiger partial charge in [-0.05, 0) is 83.9 Å². The molecule has 0 unspecified atom stereocenters. The Morgan fingerprint density at radius 1 is 0.553 bits per heavy atom. The monoisotopic (exact) mass is 501 g/mol.